The number of anilines is 1. The first-order valence-corrected chi connectivity index (χ1v) is 14.9. The molecule has 0 aliphatic rings. The summed E-state index contributed by atoms with van der Waals surface area (Å²) < 4.78 is 27.1. The van der Waals surface area contributed by atoms with Crippen LogP contribution in [0.1, 0.15) is 41.7 Å². The standard InChI is InChI=1S/C31H39N3O4S/c1-22(2)32-31(36)29(19-26-14-8-7-9-15-26)33(20-27-16-10-12-23(3)18-27)30(35)21-34(39(6,37)38)28-17-11-13-24(4)25(28)5/h7-18,22,29H,19-21H2,1-6H3,(H,32,36)/t29-/m1/s1. The summed E-state index contributed by atoms with van der Waals surface area (Å²) in [6, 6.07) is 21.7. The maximum atomic E-state index is 14.1. The molecule has 39 heavy (non-hydrogen) atoms. The molecule has 0 bridgehead atoms. The number of amides is 2. The summed E-state index contributed by atoms with van der Waals surface area (Å²) >= 11 is 0. The number of carbonyl (C=O) groups excluding carboxylic acids is 2. The van der Waals surface area contributed by atoms with Gasteiger partial charge in [-0.25, -0.2) is 8.42 Å². The lowest BCUT2D eigenvalue weighted by Crippen LogP contribution is -2.54. The molecule has 0 unspecified atom stereocenters. The molecular formula is C31H39N3O4S. The predicted molar refractivity (Wildman–Crippen MR) is 157 cm³/mol. The Morgan fingerprint density at radius 3 is 2.13 bits per heavy atom. The number of nitrogens with zero attached hydrogens (tertiary/aromatic N) is 2. The highest BCUT2D eigenvalue weighted by atomic mass is 32.2. The van der Waals surface area contributed by atoms with Gasteiger partial charge in [-0.3, -0.25) is 13.9 Å². The van der Waals surface area contributed by atoms with Crippen molar-refractivity contribution in [2.24, 2.45) is 0 Å². The summed E-state index contributed by atoms with van der Waals surface area (Å²) in [6.07, 6.45) is 1.39. The Balaban J connectivity index is 2.08. The Morgan fingerprint density at radius 1 is 0.872 bits per heavy atom. The second-order valence-electron chi connectivity index (χ2n) is 10.4. The lowest BCUT2D eigenvalue weighted by Gasteiger charge is -2.34. The average Bonchev–Trinajstić information content (AvgIpc) is 2.86. The van der Waals surface area contributed by atoms with Gasteiger partial charge in [0.25, 0.3) is 0 Å². The van der Waals surface area contributed by atoms with Crippen molar-refractivity contribution in [2.75, 3.05) is 17.1 Å². The van der Waals surface area contributed by atoms with Crippen molar-refractivity contribution < 1.29 is 18.0 Å². The fraction of sp³-hybridized carbons (Fsp3) is 0.355. The summed E-state index contributed by atoms with van der Waals surface area (Å²) in [5.41, 5.74) is 4.93. The zero-order valence-electron chi connectivity index (χ0n) is 23.6. The van der Waals surface area contributed by atoms with Gasteiger partial charge in [0.1, 0.15) is 12.6 Å². The van der Waals surface area contributed by atoms with Gasteiger partial charge in [-0.2, -0.15) is 0 Å². The number of sulfonamides is 1. The van der Waals surface area contributed by atoms with Gasteiger partial charge in [0.05, 0.1) is 11.9 Å². The van der Waals surface area contributed by atoms with Crippen LogP contribution >= 0.6 is 0 Å². The van der Waals surface area contributed by atoms with Crippen LogP contribution in [0.15, 0.2) is 72.8 Å². The molecule has 0 radical (unpaired) electrons. The Labute approximate surface area is 232 Å². The Kier molecular flexibility index (Phi) is 9.92. The van der Waals surface area contributed by atoms with Gasteiger partial charge in [-0.1, -0.05) is 72.3 Å². The van der Waals surface area contributed by atoms with E-state index >= 15 is 0 Å². The minimum atomic E-state index is -3.80. The molecule has 1 atom stereocenters. The molecule has 1 N–H and O–H groups in total. The molecule has 0 aliphatic carbocycles. The lowest BCUT2D eigenvalue weighted by atomic mass is 10.0. The van der Waals surface area contributed by atoms with Crippen LogP contribution in [-0.2, 0) is 32.6 Å². The highest BCUT2D eigenvalue weighted by Crippen LogP contribution is 2.26. The third kappa shape index (κ3) is 8.17. The molecule has 2 amide bonds. The summed E-state index contributed by atoms with van der Waals surface area (Å²) in [5, 5.41) is 2.96. The van der Waals surface area contributed by atoms with E-state index in [1.807, 2.05) is 95.3 Å². The van der Waals surface area contributed by atoms with Gasteiger partial charge in [-0.15, -0.1) is 0 Å². The molecule has 0 saturated carbocycles. The number of nitrogens with one attached hydrogen (secondary N) is 1. The van der Waals surface area contributed by atoms with Crippen molar-refractivity contribution in [2.45, 2.75) is 59.7 Å². The van der Waals surface area contributed by atoms with Crippen molar-refractivity contribution in [3.8, 4) is 0 Å². The molecule has 8 heteroatoms. The van der Waals surface area contributed by atoms with Crippen LogP contribution in [0.2, 0.25) is 0 Å². The minimum absolute atomic E-state index is 0.130. The second-order valence-corrected chi connectivity index (χ2v) is 12.3. The maximum absolute atomic E-state index is 14.1. The van der Waals surface area contributed by atoms with Crippen LogP contribution in [0.5, 0.6) is 0 Å². The third-order valence-corrected chi connectivity index (χ3v) is 7.79. The zero-order chi connectivity index (χ0) is 28.7. The number of aryl methyl sites for hydroxylation is 2. The number of benzene rings is 3. The lowest BCUT2D eigenvalue weighted by molar-refractivity contribution is -0.140. The van der Waals surface area contributed by atoms with Gasteiger partial charge in [-0.05, 0) is 62.9 Å². The largest absolute Gasteiger partial charge is 0.352 e. The van der Waals surface area contributed by atoms with Gasteiger partial charge in [0, 0.05) is 19.0 Å². The van der Waals surface area contributed by atoms with Crippen LogP contribution in [-0.4, -0.2) is 50.0 Å². The summed E-state index contributed by atoms with van der Waals surface area (Å²) in [6.45, 7) is 9.19. The number of hydrogen-bond acceptors (Lipinski definition) is 4. The summed E-state index contributed by atoms with van der Waals surface area (Å²) in [4.78, 5) is 29.2. The maximum Gasteiger partial charge on any atom is 0.244 e. The molecule has 3 aromatic rings. The summed E-state index contributed by atoms with van der Waals surface area (Å²) in [5.74, 6) is -0.741. The summed E-state index contributed by atoms with van der Waals surface area (Å²) in [7, 11) is -3.80. The quantitative estimate of drug-likeness (QED) is 0.380. The van der Waals surface area contributed by atoms with E-state index in [2.05, 4.69) is 5.32 Å². The minimum Gasteiger partial charge on any atom is -0.352 e. The first-order valence-electron chi connectivity index (χ1n) is 13.1. The van der Waals surface area contributed by atoms with E-state index in [-0.39, 0.29) is 18.5 Å². The van der Waals surface area contributed by atoms with Crippen LogP contribution < -0.4 is 9.62 Å². The van der Waals surface area contributed by atoms with E-state index in [0.717, 1.165) is 38.4 Å². The molecule has 7 nitrogen and oxygen atoms in total. The smallest absolute Gasteiger partial charge is 0.244 e. The van der Waals surface area contributed by atoms with E-state index in [1.54, 1.807) is 12.1 Å². The molecule has 3 rings (SSSR count). The second kappa shape index (κ2) is 12.9. The topological polar surface area (TPSA) is 86.8 Å². The van der Waals surface area contributed by atoms with E-state index in [9.17, 15) is 18.0 Å². The molecule has 0 fully saturated rings. The van der Waals surface area contributed by atoms with Crippen LogP contribution in [0, 0.1) is 20.8 Å². The fourth-order valence-electron chi connectivity index (χ4n) is 4.54. The van der Waals surface area contributed by atoms with Gasteiger partial charge in [0.2, 0.25) is 21.8 Å². The van der Waals surface area contributed by atoms with E-state index in [0.29, 0.717) is 12.1 Å². The monoisotopic (exact) mass is 549 g/mol. The molecule has 0 heterocycles. The fourth-order valence-corrected chi connectivity index (χ4v) is 5.44. The number of hydrogen-bond donors (Lipinski definition) is 1. The van der Waals surface area contributed by atoms with Crippen LogP contribution in [0.3, 0.4) is 0 Å². The van der Waals surface area contributed by atoms with Gasteiger partial charge < -0.3 is 10.2 Å². The Morgan fingerprint density at radius 2 is 1.51 bits per heavy atom. The molecule has 0 spiro atoms. The van der Waals surface area contributed by atoms with Crippen molar-refractivity contribution in [3.05, 3.63) is 101 Å². The number of rotatable bonds is 11. The van der Waals surface area contributed by atoms with Crippen molar-refractivity contribution in [1.82, 2.24) is 10.2 Å². The average molecular weight is 550 g/mol. The Bertz CT molecular complexity index is 1400. The molecule has 3 aromatic carbocycles. The van der Waals surface area contributed by atoms with Crippen LogP contribution in [0.25, 0.3) is 0 Å². The predicted octanol–water partition coefficient (Wildman–Crippen LogP) is 4.54. The molecule has 0 aliphatic heterocycles. The van der Waals surface area contributed by atoms with Crippen molar-refractivity contribution in [3.63, 3.8) is 0 Å². The first-order chi connectivity index (χ1) is 18.4. The zero-order valence-corrected chi connectivity index (χ0v) is 24.5. The molecule has 208 valence electrons. The number of carbonyl (C=O) groups is 2. The Hall–Kier alpha value is -3.65. The van der Waals surface area contributed by atoms with Crippen LogP contribution in [0.4, 0.5) is 5.69 Å². The first kappa shape index (κ1) is 29.9. The molecule has 0 aromatic heterocycles. The van der Waals surface area contributed by atoms with Crippen molar-refractivity contribution in [1.29, 1.82) is 0 Å². The van der Waals surface area contributed by atoms with E-state index in [4.69, 9.17) is 0 Å². The normalized spacial score (nSPS) is 12.2. The van der Waals surface area contributed by atoms with E-state index < -0.39 is 28.5 Å². The molecular weight excluding hydrogens is 510 g/mol. The van der Waals surface area contributed by atoms with Gasteiger partial charge in [0.15, 0.2) is 0 Å². The van der Waals surface area contributed by atoms with Gasteiger partial charge >= 0.3 is 0 Å². The third-order valence-electron chi connectivity index (χ3n) is 6.66. The van der Waals surface area contributed by atoms with Crippen molar-refractivity contribution >= 4 is 27.5 Å². The molecule has 0 saturated heterocycles. The highest BCUT2D eigenvalue weighted by molar-refractivity contribution is 7.92. The SMILES string of the molecule is Cc1cccc(CN(C(=O)CN(c2cccc(C)c2C)S(C)(=O)=O)[C@H](Cc2ccccc2)C(=O)NC(C)C)c1. The van der Waals surface area contributed by atoms with E-state index in [1.165, 1.54) is 4.90 Å². The highest BCUT2D eigenvalue weighted by Gasteiger charge is 2.33.